The predicted molar refractivity (Wildman–Crippen MR) is 85.2 cm³/mol. The van der Waals surface area contributed by atoms with Crippen molar-refractivity contribution < 1.29 is 14.6 Å². The second-order valence-electron chi connectivity index (χ2n) is 5.97. The molecule has 2 atom stereocenters. The van der Waals surface area contributed by atoms with E-state index in [0.29, 0.717) is 5.69 Å². The van der Waals surface area contributed by atoms with Gasteiger partial charge >= 0.3 is 0 Å². The molecule has 1 fully saturated rings. The molecule has 1 aliphatic rings. The SMILES string of the molecule is COc1ccc2c(c1)cc(C(=O)N[C@H]1CCC[C@H]1CO)n2C. The molecule has 3 rings (SSSR count). The maximum absolute atomic E-state index is 12.6. The van der Waals surface area contributed by atoms with Crippen LogP contribution in [0.15, 0.2) is 24.3 Å². The highest BCUT2D eigenvalue weighted by molar-refractivity contribution is 5.99. The van der Waals surface area contributed by atoms with E-state index in [-0.39, 0.29) is 24.5 Å². The van der Waals surface area contributed by atoms with Crippen LogP contribution in [-0.4, -0.2) is 35.3 Å². The van der Waals surface area contributed by atoms with Gasteiger partial charge in [-0.15, -0.1) is 0 Å². The van der Waals surface area contributed by atoms with Crippen molar-refractivity contribution in [1.82, 2.24) is 9.88 Å². The standard InChI is InChI=1S/C17H22N2O3/c1-19-15-7-6-13(22-2)8-12(15)9-16(19)17(21)18-14-5-3-4-11(14)10-20/h6-9,11,14,20H,3-5,10H2,1-2H3,(H,18,21)/t11-,14-/m0/s1. The van der Waals surface area contributed by atoms with Crippen molar-refractivity contribution in [3.63, 3.8) is 0 Å². The van der Waals surface area contributed by atoms with Gasteiger partial charge in [-0.25, -0.2) is 0 Å². The Morgan fingerprint density at radius 3 is 2.95 bits per heavy atom. The summed E-state index contributed by atoms with van der Waals surface area (Å²) in [4.78, 5) is 12.6. The van der Waals surface area contributed by atoms with Gasteiger partial charge in [-0.3, -0.25) is 4.79 Å². The summed E-state index contributed by atoms with van der Waals surface area (Å²) in [7, 11) is 3.52. The molecule has 2 N–H and O–H groups in total. The first-order valence-electron chi connectivity index (χ1n) is 7.69. The Hall–Kier alpha value is -2.01. The summed E-state index contributed by atoms with van der Waals surface area (Å²) < 4.78 is 7.13. The molecule has 0 bridgehead atoms. The van der Waals surface area contributed by atoms with E-state index in [1.54, 1.807) is 7.11 Å². The first-order valence-corrected chi connectivity index (χ1v) is 7.69. The molecule has 0 spiro atoms. The third-order valence-corrected chi connectivity index (χ3v) is 4.69. The molecule has 118 valence electrons. The van der Waals surface area contributed by atoms with Crippen molar-refractivity contribution in [3.8, 4) is 5.75 Å². The first kappa shape index (κ1) is 14.9. The number of carbonyl (C=O) groups is 1. The minimum Gasteiger partial charge on any atom is -0.497 e. The van der Waals surface area contributed by atoms with Gasteiger partial charge in [-0.05, 0) is 37.1 Å². The van der Waals surface area contributed by atoms with Gasteiger partial charge in [0.15, 0.2) is 0 Å². The number of amides is 1. The van der Waals surface area contributed by atoms with Gasteiger partial charge in [0.05, 0.1) is 7.11 Å². The molecule has 0 aliphatic heterocycles. The number of benzene rings is 1. The molecular weight excluding hydrogens is 280 g/mol. The number of aromatic nitrogens is 1. The third kappa shape index (κ3) is 2.57. The van der Waals surface area contributed by atoms with E-state index >= 15 is 0 Å². The Kier molecular flexibility index (Phi) is 4.07. The molecular formula is C17H22N2O3. The highest BCUT2D eigenvalue weighted by Gasteiger charge is 2.28. The molecule has 1 aromatic carbocycles. The van der Waals surface area contributed by atoms with E-state index < -0.39 is 0 Å². The van der Waals surface area contributed by atoms with Gasteiger partial charge in [0.25, 0.3) is 5.91 Å². The van der Waals surface area contributed by atoms with Crippen molar-refractivity contribution in [3.05, 3.63) is 30.0 Å². The van der Waals surface area contributed by atoms with Gasteiger partial charge in [0.1, 0.15) is 11.4 Å². The lowest BCUT2D eigenvalue weighted by atomic mass is 10.1. The summed E-state index contributed by atoms with van der Waals surface area (Å²) in [5.74, 6) is 0.878. The topological polar surface area (TPSA) is 63.5 Å². The largest absolute Gasteiger partial charge is 0.497 e. The van der Waals surface area contributed by atoms with Crippen LogP contribution in [0, 0.1) is 5.92 Å². The number of rotatable bonds is 4. The summed E-state index contributed by atoms with van der Waals surface area (Å²) in [6, 6.07) is 7.73. The number of hydrogen-bond acceptors (Lipinski definition) is 3. The second-order valence-corrected chi connectivity index (χ2v) is 5.97. The van der Waals surface area contributed by atoms with Gasteiger partial charge in [-0.2, -0.15) is 0 Å². The van der Waals surface area contributed by atoms with Gasteiger partial charge in [0.2, 0.25) is 0 Å². The fourth-order valence-electron chi connectivity index (χ4n) is 3.36. The average molecular weight is 302 g/mol. The number of aryl methyl sites for hydroxylation is 1. The number of hydrogen-bond donors (Lipinski definition) is 2. The fourth-order valence-corrected chi connectivity index (χ4v) is 3.36. The van der Waals surface area contributed by atoms with E-state index in [4.69, 9.17) is 4.74 Å². The highest BCUT2D eigenvalue weighted by Crippen LogP contribution is 2.27. The van der Waals surface area contributed by atoms with E-state index in [9.17, 15) is 9.90 Å². The smallest absolute Gasteiger partial charge is 0.268 e. The van der Waals surface area contributed by atoms with Crippen LogP contribution in [0.1, 0.15) is 29.8 Å². The Balaban J connectivity index is 1.86. The molecule has 1 amide bonds. The van der Waals surface area contributed by atoms with Gasteiger partial charge < -0.3 is 19.7 Å². The molecule has 0 unspecified atom stereocenters. The monoisotopic (exact) mass is 302 g/mol. The molecule has 5 heteroatoms. The second kappa shape index (κ2) is 6.01. The Bertz CT molecular complexity index is 693. The summed E-state index contributed by atoms with van der Waals surface area (Å²) in [5, 5.41) is 13.4. The lowest BCUT2D eigenvalue weighted by molar-refractivity contribution is 0.0908. The number of aliphatic hydroxyl groups excluding tert-OH is 1. The third-order valence-electron chi connectivity index (χ3n) is 4.69. The van der Waals surface area contributed by atoms with Crippen molar-refractivity contribution >= 4 is 16.8 Å². The van der Waals surface area contributed by atoms with Crippen molar-refractivity contribution in [2.24, 2.45) is 13.0 Å². The normalized spacial score (nSPS) is 21.2. The number of carbonyl (C=O) groups excluding carboxylic acids is 1. The minimum absolute atomic E-state index is 0.0741. The number of nitrogens with zero attached hydrogens (tertiary/aromatic N) is 1. The molecule has 22 heavy (non-hydrogen) atoms. The predicted octanol–water partition coefficient (Wildman–Crippen LogP) is 2.08. The Morgan fingerprint density at radius 1 is 1.41 bits per heavy atom. The van der Waals surface area contributed by atoms with Crippen LogP contribution in [0.3, 0.4) is 0 Å². The number of methoxy groups -OCH3 is 1. The molecule has 1 heterocycles. The van der Waals surface area contributed by atoms with Crippen molar-refractivity contribution in [2.45, 2.75) is 25.3 Å². The summed E-state index contributed by atoms with van der Waals surface area (Å²) >= 11 is 0. The van der Waals surface area contributed by atoms with E-state index in [1.165, 1.54) is 0 Å². The van der Waals surface area contributed by atoms with E-state index in [2.05, 4.69) is 5.32 Å². The maximum atomic E-state index is 12.6. The van der Waals surface area contributed by atoms with Crippen LogP contribution in [0.2, 0.25) is 0 Å². The number of aliphatic hydroxyl groups is 1. The number of nitrogens with one attached hydrogen (secondary N) is 1. The van der Waals surface area contributed by atoms with Crippen LogP contribution in [0.4, 0.5) is 0 Å². The van der Waals surface area contributed by atoms with Gasteiger partial charge in [0, 0.05) is 36.5 Å². The van der Waals surface area contributed by atoms with Crippen LogP contribution in [0.5, 0.6) is 5.75 Å². The fraction of sp³-hybridized carbons (Fsp3) is 0.471. The van der Waals surface area contributed by atoms with Crippen molar-refractivity contribution in [2.75, 3.05) is 13.7 Å². The zero-order valence-electron chi connectivity index (χ0n) is 13.0. The lowest BCUT2D eigenvalue weighted by Crippen LogP contribution is -2.39. The minimum atomic E-state index is -0.0805. The Morgan fingerprint density at radius 2 is 2.23 bits per heavy atom. The summed E-state index contributed by atoms with van der Waals surface area (Å²) in [6.45, 7) is 0.136. The average Bonchev–Trinajstić information content (AvgIpc) is 3.11. The molecule has 2 aromatic rings. The van der Waals surface area contributed by atoms with Crippen LogP contribution >= 0.6 is 0 Å². The van der Waals surface area contributed by atoms with Crippen LogP contribution < -0.4 is 10.1 Å². The van der Waals surface area contributed by atoms with Crippen molar-refractivity contribution in [1.29, 1.82) is 0 Å². The molecule has 5 nitrogen and oxygen atoms in total. The van der Waals surface area contributed by atoms with E-state index in [0.717, 1.165) is 35.9 Å². The summed E-state index contributed by atoms with van der Waals surface area (Å²) in [6.07, 6.45) is 2.98. The lowest BCUT2D eigenvalue weighted by Gasteiger charge is -2.19. The van der Waals surface area contributed by atoms with Gasteiger partial charge in [-0.1, -0.05) is 6.42 Å². The first-order chi connectivity index (χ1) is 10.6. The molecule has 0 saturated heterocycles. The molecule has 1 aliphatic carbocycles. The maximum Gasteiger partial charge on any atom is 0.268 e. The molecule has 1 saturated carbocycles. The zero-order valence-corrected chi connectivity index (χ0v) is 13.0. The Labute approximate surface area is 129 Å². The highest BCUT2D eigenvalue weighted by atomic mass is 16.5. The zero-order chi connectivity index (χ0) is 15.7. The van der Waals surface area contributed by atoms with Crippen LogP contribution in [0.25, 0.3) is 10.9 Å². The van der Waals surface area contributed by atoms with E-state index in [1.807, 2.05) is 35.9 Å². The molecule has 0 radical (unpaired) electrons. The molecule has 1 aromatic heterocycles. The van der Waals surface area contributed by atoms with Crippen LogP contribution in [-0.2, 0) is 7.05 Å². The quantitative estimate of drug-likeness (QED) is 0.909. The number of fused-ring (bicyclic) bond motifs is 1. The summed E-state index contributed by atoms with van der Waals surface area (Å²) in [5.41, 5.74) is 1.63. The number of ether oxygens (including phenoxy) is 1.